The first-order valence-electron chi connectivity index (χ1n) is 11.9. The molecule has 0 saturated heterocycles. The third-order valence-corrected chi connectivity index (χ3v) is 9.13. The Morgan fingerprint density at radius 2 is 1.76 bits per heavy atom. The maximum Gasteiger partial charge on any atom is 0.271 e. The molecule has 0 radical (unpaired) electrons. The minimum atomic E-state index is -0.324. The number of thiazole rings is 1. The zero-order valence-corrected chi connectivity index (χ0v) is 24.5. The van der Waals surface area contributed by atoms with Crippen LogP contribution in [0.3, 0.4) is 0 Å². The maximum atomic E-state index is 14.0. The molecule has 38 heavy (non-hydrogen) atoms. The van der Waals surface area contributed by atoms with E-state index in [-0.39, 0.29) is 17.4 Å². The predicted octanol–water partition coefficient (Wildman–Crippen LogP) is 5.57. The van der Waals surface area contributed by atoms with Gasteiger partial charge in [0.05, 0.1) is 39.4 Å². The van der Waals surface area contributed by atoms with Gasteiger partial charge in [-0.2, -0.15) is 0 Å². The van der Waals surface area contributed by atoms with Crippen molar-refractivity contribution in [3.63, 3.8) is 0 Å². The maximum absolute atomic E-state index is 14.0. The Hall–Kier alpha value is -3.14. The topological polar surface area (TPSA) is 73.0 Å². The third-order valence-electron chi connectivity index (χ3n) is 6.93. The normalized spacial score (nSPS) is 16.4. The molecule has 4 aromatic rings. The number of methoxy groups -OCH3 is 2. The molecule has 0 unspecified atom stereocenters. The molecule has 3 aromatic carbocycles. The SMILES string of the molecule is COc1ccc([C@@H]2C3=C(N=c4s/c(=C\c5cc(Br)c(O)c(Br)c5)c(=O)n42)c2ccccc2CC3)cc1OC. The van der Waals surface area contributed by atoms with Gasteiger partial charge in [-0.1, -0.05) is 41.7 Å². The number of aryl methyl sites for hydroxylation is 1. The molecule has 2 heterocycles. The van der Waals surface area contributed by atoms with E-state index in [1.165, 1.54) is 16.9 Å². The van der Waals surface area contributed by atoms with E-state index < -0.39 is 0 Å². The van der Waals surface area contributed by atoms with Gasteiger partial charge in [0.15, 0.2) is 16.3 Å². The van der Waals surface area contributed by atoms with E-state index in [0.717, 1.165) is 40.8 Å². The van der Waals surface area contributed by atoms with Crippen molar-refractivity contribution >= 4 is 55.0 Å². The molecule has 1 N–H and O–H groups in total. The molecule has 0 spiro atoms. The molecule has 1 atom stereocenters. The average molecular weight is 654 g/mol. The van der Waals surface area contributed by atoms with E-state index in [2.05, 4.69) is 50.1 Å². The van der Waals surface area contributed by atoms with Gasteiger partial charge in [0, 0.05) is 5.56 Å². The Morgan fingerprint density at radius 1 is 1.03 bits per heavy atom. The van der Waals surface area contributed by atoms with Crippen molar-refractivity contribution in [2.24, 2.45) is 4.99 Å². The highest BCUT2D eigenvalue weighted by molar-refractivity contribution is 9.11. The van der Waals surface area contributed by atoms with Crippen LogP contribution in [-0.4, -0.2) is 23.9 Å². The Kier molecular flexibility index (Phi) is 6.53. The van der Waals surface area contributed by atoms with E-state index in [1.807, 2.05) is 30.3 Å². The molecule has 6 rings (SSSR count). The summed E-state index contributed by atoms with van der Waals surface area (Å²) in [7, 11) is 3.22. The number of rotatable bonds is 4. The highest BCUT2D eigenvalue weighted by atomic mass is 79.9. The molecule has 0 amide bonds. The number of nitrogens with zero attached hydrogens (tertiary/aromatic N) is 2. The first-order chi connectivity index (χ1) is 18.4. The van der Waals surface area contributed by atoms with Crippen molar-refractivity contribution in [3.05, 3.63) is 111 Å². The summed E-state index contributed by atoms with van der Waals surface area (Å²) in [5, 5.41) is 10.1. The second kappa shape index (κ2) is 9.87. The van der Waals surface area contributed by atoms with Crippen molar-refractivity contribution < 1.29 is 14.6 Å². The molecule has 9 heteroatoms. The molecule has 6 nitrogen and oxygen atoms in total. The number of halogens is 2. The summed E-state index contributed by atoms with van der Waals surface area (Å²) in [5.74, 6) is 1.36. The molecule has 1 aliphatic carbocycles. The quantitative estimate of drug-likeness (QED) is 0.313. The van der Waals surface area contributed by atoms with Gasteiger partial charge in [0.25, 0.3) is 5.56 Å². The summed E-state index contributed by atoms with van der Waals surface area (Å²) in [4.78, 5) is 19.7. The second-order valence-corrected chi connectivity index (χ2v) is 11.8. The number of aromatic hydroxyl groups is 1. The zero-order valence-electron chi connectivity index (χ0n) is 20.5. The third kappa shape index (κ3) is 4.13. The van der Waals surface area contributed by atoms with E-state index in [1.54, 1.807) is 30.9 Å². The number of fused-ring (bicyclic) bond motifs is 3. The number of aromatic nitrogens is 1. The number of hydrogen-bond donors (Lipinski definition) is 1. The van der Waals surface area contributed by atoms with E-state index >= 15 is 0 Å². The van der Waals surface area contributed by atoms with Crippen molar-refractivity contribution in [1.82, 2.24) is 4.57 Å². The lowest BCUT2D eigenvalue weighted by Gasteiger charge is -2.31. The standard InChI is InChI=1S/C29H22Br2N2O4S/c1-36-22-10-8-17(14-23(22)37-2)26-19-9-7-16-5-3-4-6-18(16)25(19)32-29-33(26)28(35)24(38-29)13-15-11-20(30)27(34)21(31)12-15/h3-6,8,10-14,26,34H,7,9H2,1-2H3/b24-13-/t26-/m1/s1. The summed E-state index contributed by atoms with van der Waals surface area (Å²) in [6.07, 6.45) is 3.52. The number of phenols is 1. The molecule has 192 valence electrons. The lowest BCUT2D eigenvalue weighted by Crippen LogP contribution is -2.38. The Bertz CT molecular complexity index is 1800. The lowest BCUT2D eigenvalue weighted by atomic mass is 9.83. The van der Waals surface area contributed by atoms with E-state index in [0.29, 0.717) is 29.8 Å². The molecule has 1 aromatic heterocycles. The van der Waals surface area contributed by atoms with Crippen molar-refractivity contribution in [2.75, 3.05) is 14.2 Å². The van der Waals surface area contributed by atoms with Gasteiger partial charge in [0.2, 0.25) is 0 Å². The van der Waals surface area contributed by atoms with Gasteiger partial charge in [-0.3, -0.25) is 9.36 Å². The van der Waals surface area contributed by atoms with Gasteiger partial charge in [-0.15, -0.1) is 0 Å². The van der Waals surface area contributed by atoms with E-state index in [9.17, 15) is 9.90 Å². The van der Waals surface area contributed by atoms with Crippen molar-refractivity contribution in [1.29, 1.82) is 0 Å². The highest BCUT2D eigenvalue weighted by Crippen LogP contribution is 2.43. The average Bonchev–Trinajstić information content (AvgIpc) is 3.24. The van der Waals surface area contributed by atoms with Crippen LogP contribution in [0.25, 0.3) is 11.8 Å². The second-order valence-electron chi connectivity index (χ2n) is 9.06. The van der Waals surface area contributed by atoms with Crippen LogP contribution in [0.15, 0.2) is 78.9 Å². The largest absolute Gasteiger partial charge is 0.506 e. The van der Waals surface area contributed by atoms with Gasteiger partial charge >= 0.3 is 0 Å². The van der Waals surface area contributed by atoms with Crippen molar-refractivity contribution in [3.8, 4) is 17.2 Å². The number of ether oxygens (including phenoxy) is 2. The first kappa shape index (κ1) is 25.2. The monoisotopic (exact) mass is 652 g/mol. The fourth-order valence-corrected chi connectivity index (χ4v) is 7.39. The number of benzene rings is 3. The summed E-state index contributed by atoms with van der Waals surface area (Å²) in [5.41, 5.74) is 6.04. The Balaban J connectivity index is 1.62. The molecule has 0 saturated carbocycles. The number of allylic oxidation sites excluding steroid dienone is 1. The van der Waals surface area contributed by atoms with Crippen LogP contribution >= 0.6 is 43.2 Å². The Morgan fingerprint density at radius 3 is 2.50 bits per heavy atom. The molecular formula is C29H22Br2N2O4S. The van der Waals surface area contributed by atoms with Crippen LogP contribution in [0.2, 0.25) is 0 Å². The van der Waals surface area contributed by atoms with Gasteiger partial charge in [-0.25, -0.2) is 4.99 Å². The molecule has 1 aliphatic heterocycles. The lowest BCUT2D eigenvalue weighted by molar-refractivity contribution is 0.354. The van der Waals surface area contributed by atoms with Crippen molar-refractivity contribution in [2.45, 2.75) is 18.9 Å². The molecule has 0 fully saturated rings. The predicted molar refractivity (Wildman–Crippen MR) is 156 cm³/mol. The minimum absolute atomic E-state index is 0.112. The summed E-state index contributed by atoms with van der Waals surface area (Å²) in [6.45, 7) is 0. The van der Waals surface area contributed by atoms with Gasteiger partial charge < -0.3 is 14.6 Å². The smallest absolute Gasteiger partial charge is 0.271 e. The fraction of sp³-hybridized carbons (Fsp3) is 0.172. The van der Waals surface area contributed by atoms with Crippen LogP contribution in [0.5, 0.6) is 17.2 Å². The van der Waals surface area contributed by atoms with Crippen LogP contribution in [0, 0.1) is 0 Å². The van der Waals surface area contributed by atoms with Crippen LogP contribution < -0.4 is 24.4 Å². The van der Waals surface area contributed by atoms with Crippen LogP contribution in [0.4, 0.5) is 0 Å². The Labute approximate surface area is 239 Å². The van der Waals surface area contributed by atoms with Gasteiger partial charge in [-0.05, 0) is 97.3 Å². The summed E-state index contributed by atoms with van der Waals surface area (Å²) < 4.78 is 14.5. The zero-order chi connectivity index (χ0) is 26.6. The highest BCUT2D eigenvalue weighted by Gasteiger charge is 2.33. The summed E-state index contributed by atoms with van der Waals surface area (Å²) in [6, 6.07) is 17.4. The number of phenolic OH excluding ortho intramolecular Hbond substituents is 1. The molecule has 0 bridgehead atoms. The van der Waals surface area contributed by atoms with Crippen LogP contribution in [-0.2, 0) is 6.42 Å². The van der Waals surface area contributed by atoms with Crippen LogP contribution in [0.1, 0.15) is 34.7 Å². The van der Waals surface area contributed by atoms with Gasteiger partial charge in [0.1, 0.15) is 5.75 Å². The molecule has 2 aliphatic rings. The summed E-state index contributed by atoms with van der Waals surface area (Å²) >= 11 is 8.13. The first-order valence-corrected chi connectivity index (χ1v) is 14.3. The van der Waals surface area contributed by atoms with E-state index in [4.69, 9.17) is 14.5 Å². The minimum Gasteiger partial charge on any atom is -0.506 e. The molecular weight excluding hydrogens is 632 g/mol. The fourth-order valence-electron chi connectivity index (χ4n) is 5.17. The number of hydrogen-bond acceptors (Lipinski definition) is 6.